The lowest BCUT2D eigenvalue weighted by Crippen LogP contribution is -2.38. The van der Waals surface area contributed by atoms with Gasteiger partial charge >= 0.3 is 11.7 Å². The first-order valence-electron chi connectivity index (χ1n) is 8.23. The maximum atomic E-state index is 12.7. The monoisotopic (exact) mass is 351 g/mol. The SMILES string of the molecule is C=CCn1c2c(c(=O)[nH]c1=O)[C@H](c1ccc(C)cc1)C1=C(COC1=O)N2. The van der Waals surface area contributed by atoms with E-state index in [-0.39, 0.29) is 13.2 Å². The second kappa shape index (κ2) is 5.87. The highest BCUT2D eigenvalue weighted by Gasteiger charge is 2.41. The summed E-state index contributed by atoms with van der Waals surface area (Å²) in [5.41, 5.74) is 2.13. The fraction of sp³-hybridized carbons (Fsp3) is 0.211. The molecule has 4 rings (SSSR count). The number of aromatic amines is 1. The number of aromatic nitrogens is 2. The van der Waals surface area contributed by atoms with Gasteiger partial charge in [0.15, 0.2) is 0 Å². The molecule has 1 atom stereocenters. The van der Waals surface area contributed by atoms with Crippen LogP contribution in [0.25, 0.3) is 0 Å². The number of carbonyl (C=O) groups is 1. The number of hydrogen-bond donors (Lipinski definition) is 2. The van der Waals surface area contributed by atoms with E-state index in [4.69, 9.17) is 4.74 Å². The molecule has 0 radical (unpaired) electrons. The molecule has 0 bridgehead atoms. The summed E-state index contributed by atoms with van der Waals surface area (Å²) in [4.78, 5) is 39.6. The maximum Gasteiger partial charge on any atom is 0.337 e. The van der Waals surface area contributed by atoms with E-state index in [2.05, 4.69) is 16.9 Å². The fourth-order valence-electron chi connectivity index (χ4n) is 3.48. The van der Waals surface area contributed by atoms with E-state index < -0.39 is 23.1 Å². The summed E-state index contributed by atoms with van der Waals surface area (Å²) in [7, 11) is 0. The quantitative estimate of drug-likeness (QED) is 0.644. The number of esters is 1. The molecule has 0 saturated heterocycles. The first-order valence-corrected chi connectivity index (χ1v) is 8.23. The van der Waals surface area contributed by atoms with E-state index in [1.807, 2.05) is 31.2 Å². The van der Waals surface area contributed by atoms with Crippen molar-refractivity contribution in [1.82, 2.24) is 9.55 Å². The van der Waals surface area contributed by atoms with E-state index in [9.17, 15) is 14.4 Å². The highest BCUT2D eigenvalue weighted by Crippen LogP contribution is 2.42. The molecule has 132 valence electrons. The number of hydrogen-bond acceptors (Lipinski definition) is 5. The van der Waals surface area contributed by atoms with Crippen molar-refractivity contribution in [2.24, 2.45) is 0 Å². The Morgan fingerprint density at radius 1 is 1.27 bits per heavy atom. The summed E-state index contributed by atoms with van der Waals surface area (Å²) in [6, 6.07) is 7.61. The topological polar surface area (TPSA) is 93.2 Å². The van der Waals surface area contributed by atoms with Gasteiger partial charge in [0.1, 0.15) is 12.4 Å². The van der Waals surface area contributed by atoms with Crippen molar-refractivity contribution in [1.29, 1.82) is 0 Å². The number of H-pyrrole nitrogens is 1. The van der Waals surface area contributed by atoms with Gasteiger partial charge in [-0.1, -0.05) is 35.9 Å². The van der Waals surface area contributed by atoms with Gasteiger partial charge in [-0.15, -0.1) is 6.58 Å². The van der Waals surface area contributed by atoms with Crippen LogP contribution in [0.3, 0.4) is 0 Å². The van der Waals surface area contributed by atoms with Crippen LogP contribution in [0.15, 0.2) is 57.8 Å². The molecule has 2 aliphatic rings. The molecule has 2 aliphatic heterocycles. The number of allylic oxidation sites excluding steroid dienone is 1. The Balaban J connectivity index is 2.04. The minimum atomic E-state index is -0.600. The van der Waals surface area contributed by atoms with Gasteiger partial charge in [0.25, 0.3) is 5.56 Å². The zero-order valence-corrected chi connectivity index (χ0v) is 14.2. The summed E-state index contributed by atoms with van der Waals surface area (Å²) in [5.74, 6) is -0.678. The highest BCUT2D eigenvalue weighted by molar-refractivity contribution is 5.96. The smallest absolute Gasteiger partial charge is 0.337 e. The molecule has 26 heavy (non-hydrogen) atoms. The number of anilines is 1. The second-order valence-electron chi connectivity index (χ2n) is 6.36. The van der Waals surface area contributed by atoms with Crippen molar-refractivity contribution in [2.75, 3.05) is 11.9 Å². The first-order chi connectivity index (χ1) is 12.5. The second-order valence-corrected chi connectivity index (χ2v) is 6.36. The van der Waals surface area contributed by atoms with Crippen LogP contribution in [-0.4, -0.2) is 22.1 Å². The lowest BCUT2D eigenvalue weighted by molar-refractivity contribution is -0.136. The van der Waals surface area contributed by atoms with Gasteiger partial charge in [0.2, 0.25) is 0 Å². The normalized spacial score (nSPS) is 18.0. The van der Waals surface area contributed by atoms with Gasteiger partial charge in [-0.2, -0.15) is 0 Å². The van der Waals surface area contributed by atoms with Crippen molar-refractivity contribution in [3.63, 3.8) is 0 Å². The van der Waals surface area contributed by atoms with Gasteiger partial charge in [0, 0.05) is 6.54 Å². The predicted octanol–water partition coefficient (Wildman–Crippen LogP) is 1.40. The minimum Gasteiger partial charge on any atom is -0.456 e. The number of benzene rings is 1. The number of fused-ring (bicyclic) bond motifs is 1. The molecule has 0 spiro atoms. The van der Waals surface area contributed by atoms with E-state index in [0.717, 1.165) is 11.1 Å². The number of nitrogens with one attached hydrogen (secondary N) is 2. The third-order valence-electron chi connectivity index (χ3n) is 4.70. The third-order valence-corrected chi connectivity index (χ3v) is 4.70. The summed E-state index contributed by atoms with van der Waals surface area (Å²) >= 11 is 0. The number of aryl methyl sites for hydroxylation is 1. The van der Waals surface area contributed by atoms with Crippen molar-refractivity contribution >= 4 is 11.8 Å². The molecule has 0 saturated carbocycles. The first kappa shape index (κ1) is 16.1. The van der Waals surface area contributed by atoms with Gasteiger partial charge < -0.3 is 10.1 Å². The molecule has 3 heterocycles. The molecule has 7 heteroatoms. The Morgan fingerprint density at radius 3 is 2.69 bits per heavy atom. The van der Waals surface area contributed by atoms with Crippen molar-refractivity contribution < 1.29 is 9.53 Å². The van der Waals surface area contributed by atoms with Crippen LogP contribution in [0.5, 0.6) is 0 Å². The highest BCUT2D eigenvalue weighted by atomic mass is 16.5. The summed E-state index contributed by atoms with van der Waals surface area (Å²) < 4.78 is 6.58. The molecule has 2 N–H and O–H groups in total. The Labute approximate surface area is 148 Å². The van der Waals surface area contributed by atoms with Crippen LogP contribution in [-0.2, 0) is 16.1 Å². The Hall–Kier alpha value is -3.35. The predicted molar refractivity (Wildman–Crippen MR) is 96.1 cm³/mol. The zero-order valence-electron chi connectivity index (χ0n) is 14.2. The summed E-state index contributed by atoms with van der Waals surface area (Å²) in [6.07, 6.45) is 1.57. The summed E-state index contributed by atoms with van der Waals surface area (Å²) in [6.45, 7) is 5.94. The van der Waals surface area contributed by atoms with Crippen LogP contribution in [0.1, 0.15) is 22.6 Å². The fourth-order valence-corrected chi connectivity index (χ4v) is 3.48. The standard InChI is InChI=1S/C19H17N3O4/c1-3-8-22-16-15(17(23)21-19(22)25)13(11-6-4-10(2)5-7-11)14-12(20-16)9-26-18(14)24/h3-7,13,20H,1,8-9H2,2H3,(H,21,23,25)/t13-/m1/s1. The Morgan fingerprint density at radius 2 is 2.00 bits per heavy atom. The molecule has 0 unspecified atom stereocenters. The van der Waals surface area contributed by atoms with Crippen molar-refractivity contribution in [3.05, 3.63) is 85.7 Å². The minimum absolute atomic E-state index is 0.0883. The average Bonchev–Trinajstić information content (AvgIpc) is 2.98. The Kier molecular flexibility index (Phi) is 3.64. The Bertz CT molecular complexity index is 1070. The van der Waals surface area contributed by atoms with E-state index in [1.54, 1.807) is 6.08 Å². The molecule has 0 fully saturated rings. The zero-order chi connectivity index (χ0) is 18.4. The molecule has 7 nitrogen and oxygen atoms in total. The number of carbonyl (C=O) groups excluding carboxylic acids is 1. The van der Waals surface area contributed by atoms with Crippen molar-refractivity contribution in [3.8, 4) is 0 Å². The van der Waals surface area contributed by atoms with E-state index in [0.29, 0.717) is 22.7 Å². The van der Waals surface area contributed by atoms with Crippen LogP contribution >= 0.6 is 0 Å². The molecular weight excluding hydrogens is 334 g/mol. The lowest BCUT2D eigenvalue weighted by Gasteiger charge is -2.28. The third kappa shape index (κ3) is 2.32. The van der Waals surface area contributed by atoms with Crippen LogP contribution in [0.2, 0.25) is 0 Å². The molecular formula is C19H17N3O4. The number of nitrogens with zero attached hydrogens (tertiary/aromatic N) is 1. The maximum absolute atomic E-state index is 12.7. The number of rotatable bonds is 3. The summed E-state index contributed by atoms with van der Waals surface area (Å²) in [5, 5.41) is 3.06. The average molecular weight is 351 g/mol. The van der Waals surface area contributed by atoms with Crippen molar-refractivity contribution in [2.45, 2.75) is 19.4 Å². The van der Waals surface area contributed by atoms with Crippen LogP contribution in [0, 0.1) is 6.92 Å². The van der Waals surface area contributed by atoms with Crippen LogP contribution < -0.4 is 16.6 Å². The molecule has 1 aromatic heterocycles. The van der Waals surface area contributed by atoms with E-state index in [1.165, 1.54) is 4.57 Å². The number of ether oxygens (including phenoxy) is 1. The lowest BCUT2D eigenvalue weighted by atomic mass is 9.82. The van der Waals surface area contributed by atoms with E-state index >= 15 is 0 Å². The van der Waals surface area contributed by atoms with Gasteiger partial charge in [-0.3, -0.25) is 14.3 Å². The van der Waals surface area contributed by atoms with Gasteiger partial charge in [-0.25, -0.2) is 9.59 Å². The number of cyclic esters (lactones) is 1. The molecule has 0 aliphatic carbocycles. The van der Waals surface area contributed by atoms with Gasteiger partial charge in [0.05, 0.1) is 22.8 Å². The van der Waals surface area contributed by atoms with Crippen LogP contribution in [0.4, 0.5) is 5.82 Å². The molecule has 0 amide bonds. The molecule has 1 aromatic carbocycles. The van der Waals surface area contributed by atoms with Gasteiger partial charge in [-0.05, 0) is 12.5 Å². The molecule has 2 aromatic rings. The largest absolute Gasteiger partial charge is 0.456 e.